The highest BCUT2D eigenvalue weighted by Gasteiger charge is 2.34. The highest BCUT2D eigenvalue weighted by molar-refractivity contribution is 5.59. The van der Waals surface area contributed by atoms with E-state index in [1.807, 2.05) is 0 Å². The predicted molar refractivity (Wildman–Crippen MR) is 159 cm³/mol. The molecular weight excluding hydrogens is 668 g/mol. The number of ether oxygens (including phenoxy) is 8. The van der Waals surface area contributed by atoms with Crippen molar-refractivity contribution in [3.05, 3.63) is 0 Å². The van der Waals surface area contributed by atoms with Gasteiger partial charge in [-0.3, -0.25) is 19.6 Å². The zero-order valence-electron chi connectivity index (χ0n) is 30.3. The molecule has 0 aliphatic rings. The van der Waals surface area contributed by atoms with Crippen molar-refractivity contribution in [2.45, 2.75) is 105 Å². The Hall–Kier alpha value is -3.24. The molecular formula is C29H52O20. The maximum atomic E-state index is 11.8. The van der Waals surface area contributed by atoms with Gasteiger partial charge in [0.25, 0.3) is 0 Å². The molecule has 0 saturated heterocycles. The van der Waals surface area contributed by atoms with E-state index in [9.17, 15) is 19.2 Å². The van der Waals surface area contributed by atoms with Crippen LogP contribution in [0, 0.1) is 5.41 Å². The fraction of sp³-hybridized carbons (Fsp3) is 0.862. The largest absolute Gasteiger partial charge is 0.542 e. The third-order valence-corrected chi connectivity index (χ3v) is 4.11. The van der Waals surface area contributed by atoms with Crippen molar-refractivity contribution in [3.63, 3.8) is 0 Å². The van der Waals surface area contributed by atoms with Crippen LogP contribution < -0.4 is 0 Å². The second-order valence-electron chi connectivity index (χ2n) is 14.1. The number of hydrogen-bond acceptors (Lipinski definition) is 20. The maximum absolute atomic E-state index is 11.8. The van der Waals surface area contributed by atoms with Crippen LogP contribution in [-0.4, -0.2) is 101 Å². The van der Waals surface area contributed by atoms with Crippen LogP contribution in [0.3, 0.4) is 0 Å². The predicted octanol–water partition coefficient (Wildman–Crippen LogP) is 5.40. The van der Waals surface area contributed by atoms with E-state index in [4.69, 9.17) is 57.4 Å². The first-order chi connectivity index (χ1) is 22.4. The fourth-order valence-electron chi connectivity index (χ4n) is 2.37. The lowest BCUT2D eigenvalue weighted by Gasteiger charge is -2.32. The van der Waals surface area contributed by atoms with Crippen LogP contribution in [0.1, 0.15) is 83.1 Å². The summed E-state index contributed by atoms with van der Waals surface area (Å²) < 4.78 is 41.3. The first kappa shape index (κ1) is 45.8. The number of carbonyl (C=O) groups is 4. The first-order valence-corrected chi connectivity index (χ1v) is 14.8. The van der Waals surface area contributed by atoms with Crippen molar-refractivity contribution in [1.82, 2.24) is 0 Å². The molecule has 0 aliphatic heterocycles. The van der Waals surface area contributed by atoms with E-state index < -0.39 is 79.6 Å². The van der Waals surface area contributed by atoms with Gasteiger partial charge in [0.05, 0.1) is 31.8 Å². The number of rotatable bonds is 20. The molecule has 0 aromatic carbocycles. The second kappa shape index (κ2) is 21.8. The van der Waals surface area contributed by atoms with Crippen LogP contribution in [0.25, 0.3) is 0 Å². The topological polar surface area (TPSA) is 216 Å². The molecule has 0 spiro atoms. The molecule has 20 nitrogen and oxygen atoms in total. The van der Waals surface area contributed by atoms with E-state index in [1.54, 1.807) is 83.1 Å². The van der Waals surface area contributed by atoms with E-state index in [0.29, 0.717) is 0 Å². The lowest BCUT2D eigenvalue weighted by molar-refractivity contribution is -0.317. The van der Waals surface area contributed by atoms with Gasteiger partial charge in [0.15, 0.2) is 27.2 Å². The van der Waals surface area contributed by atoms with Crippen LogP contribution in [-0.2, 0) is 77.0 Å². The highest BCUT2D eigenvalue weighted by Crippen LogP contribution is 2.22. The van der Waals surface area contributed by atoms with Crippen LogP contribution in [0.4, 0.5) is 19.2 Å². The average Bonchev–Trinajstić information content (AvgIpc) is 2.96. The summed E-state index contributed by atoms with van der Waals surface area (Å²) >= 11 is 0. The Bertz CT molecular complexity index is 815. The molecule has 0 aliphatic carbocycles. The fourth-order valence-corrected chi connectivity index (χ4v) is 2.37. The third-order valence-electron chi connectivity index (χ3n) is 4.11. The highest BCUT2D eigenvalue weighted by atomic mass is 17.3. The molecule has 0 atom stereocenters. The van der Waals surface area contributed by atoms with Gasteiger partial charge in [-0.1, -0.05) is 0 Å². The maximum Gasteiger partial charge on any atom is 0.542 e. The summed E-state index contributed by atoms with van der Waals surface area (Å²) in [4.78, 5) is 85.1. The summed E-state index contributed by atoms with van der Waals surface area (Å²) in [5.74, 6) is 0. The van der Waals surface area contributed by atoms with Gasteiger partial charge < -0.3 is 37.9 Å². The van der Waals surface area contributed by atoms with Gasteiger partial charge in [-0.2, -0.15) is 19.6 Å². The SMILES string of the molecule is CC(C)(C)OOC(=O)OCOCC(COCOC(=O)OOC(C)(C)C)(COCOC(=O)OOC(C)(C)C)COCOC(=O)OOC(C)(C)C. The third kappa shape index (κ3) is 29.4. The molecule has 0 unspecified atom stereocenters. The van der Waals surface area contributed by atoms with Gasteiger partial charge in [0.2, 0.25) is 0 Å². The zero-order valence-corrected chi connectivity index (χ0v) is 30.3. The monoisotopic (exact) mass is 720 g/mol. The molecule has 288 valence electrons. The van der Waals surface area contributed by atoms with Crippen molar-refractivity contribution >= 4 is 24.6 Å². The zero-order chi connectivity index (χ0) is 37.8. The number of hydrogen-bond donors (Lipinski definition) is 0. The van der Waals surface area contributed by atoms with Crippen molar-refractivity contribution in [1.29, 1.82) is 0 Å². The Labute approximate surface area is 285 Å². The molecule has 0 N–H and O–H groups in total. The van der Waals surface area contributed by atoms with Crippen molar-refractivity contribution in [2.75, 3.05) is 53.6 Å². The van der Waals surface area contributed by atoms with Crippen molar-refractivity contribution < 1.29 is 96.2 Å². The van der Waals surface area contributed by atoms with Gasteiger partial charge in [-0.15, -0.1) is 0 Å². The summed E-state index contributed by atoms with van der Waals surface area (Å²) in [5, 5.41) is 0. The average molecular weight is 721 g/mol. The molecule has 0 heterocycles. The summed E-state index contributed by atoms with van der Waals surface area (Å²) in [6, 6.07) is 0. The normalized spacial score (nSPS) is 12.5. The van der Waals surface area contributed by atoms with Gasteiger partial charge in [0.1, 0.15) is 22.4 Å². The van der Waals surface area contributed by atoms with Crippen molar-refractivity contribution in [3.8, 4) is 0 Å². The molecule has 0 fully saturated rings. The summed E-state index contributed by atoms with van der Waals surface area (Å²) in [6.45, 7) is 15.9. The Morgan fingerprint density at radius 1 is 0.347 bits per heavy atom. The Morgan fingerprint density at radius 2 is 0.531 bits per heavy atom. The van der Waals surface area contributed by atoms with Crippen LogP contribution in [0.2, 0.25) is 0 Å². The van der Waals surface area contributed by atoms with E-state index in [-0.39, 0.29) is 26.4 Å². The van der Waals surface area contributed by atoms with E-state index >= 15 is 0 Å². The standard InChI is InChI=1S/C29H52O20/c1-25(2,3)46-42-21(30)38-17-34-13-29(14-35-18-39-22(31)43-47-26(4,5)6,15-36-19-40-23(32)44-48-27(7,8)9)16-37-20-41-24(33)45-49-28(10,11)12/h13-20H2,1-12H3. The second-order valence-corrected chi connectivity index (χ2v) is 14.1. The summed E-state index contributed by atoms with van der Waals surface area (Å²) in [6.07, 6.45) is -4.77. The van der Waals surface area contributed by atoms with E-state index in [1.165, 1.54) is 0 Å². The van der Waals surface area contributed by atoms with Crippen LogP contribution in [0.15, 0.2) is 0 Å². The number of carbonyl (C=O) groups excluding carboxylic acids is 4. The summed E-state index contributed by atoms with van der Waals surface area (Å²) in [5.41, 5.74) is -4.54. The van der Waals surface area contributed by atoms with Crippen molar-refractivity contribution in [2.24, 2.45) is 5.41 Å². The quantitative estimate of drug-likeness (QED) is 0.0384. The molecule has 49 heavy (non-hydrogen) atoms. The molecule has 0 amide bonds. The van der Waals surface area contributed by atoms with Gasteiger partial charge >= 0.3 is 24.6 Å². The smallest absolute Gasteiger partial charge is 0.405 e. The minimum absolute atomic E-state index is 0.340. The minimum atomic E-state index is -1.35. The molecule has 0 aromatic heterocycles. The van der Waals surface area contributed by atoms with Crippen LogP contribution in [0.5, 0.6) is 0 Å². The van der Waals surface area contributed by atoms with Gasteiger partial charge in [-0.25, -0.2) is 19.2 Å². The molecule has 20 heteroatoms. The van der Waals surface area contributed by atoms with E-state index in [2.05, 4.69) is 19.6 Å². The molecule has 0 bridgehead atoms. The van der Waals surface area contributed by atoms with Gasteiger partial charge in [0, 0.05) is 0 Å². The Kier molecular flexibility index (Phi) is 20.3. The van der Waals surface area contributed by atoms with E-state index in [0.717, 1.165) is 0 Å². The van der Waals surface area contributed by atoms with Crippen LogP contribution >= 0.6 is 0 Å². The Morgan fingerprint density at radius 3 is 0.694 bits per heavy atom. The first-order valence-electron chi connectivity index (χ1n) is 14.8. The lowest BCUT2D eigenvalue weighted by Crippen LogP contribution is -2.43. The molecule has 0 rings (SSSR count). The minimum Gasteiger partial charge on any atom is -0.405 e. The Balaban J connectivity index is 5.54. The lowest BCUT2D eigenvalue weighted by atomic mass is 9.92. The molecule has 0 aromatic rings. The molecule has 0 saturated carbocycles. The molecule has 0 radical (unpaired) electrons. The summed E-state index contributed by atoms with van der Waals surface area (Å²) in [7, 11) is 0. The van der Waals surface area contributed by atoms with Gasteiger partial charge in [-0.05, 0) is 83.1 Å².